The van der Waals surface area contributed by atoms with Gasteiger partial charge in [0.05, 0.1) is 6.10 Å². The number of hydrogen-bond acceptors (Lipinski definition) is 3. The van der Waals surface area contributed by atoms with Crippen LogP contribution in [0, 0.1) is 5.41 Å². The third kappa shape index (κ3) is 2.29. The quantitative estimate of drug-likeness (QED) is 0.786. The zero-order chi connectivity index (χ0) is 17.5. The number of ether oxygens (including phenoxy) is 1. The second-order valence-electron chi connectivity index (χ2n) is 6.80. The van der Waals surface area contributed by atoms with Crippen LogP contribution in [0.2, 0.25) is 0 Å². The highest BCUT2D eigenvalue weighted by atomic mass is 16.5. The highest BCUT2D eigenvalue weighted by molar-refractivity contribution is 6.01. The van der Waals surface area contributed by atoms with E-state index in [-0.39, 0.29) is 12.5 Å². The number of carboxylic acid groups (broad SMARTS) is 1. The number of carboxylic acids is 1. The first-order chi connectivity index (χ1) is 11.3. The Morgan fingerprint density at radius 2 is 2.08 bits per heavy atom. The Morgan fingerprint density at radius 3 is 2.67 bits per heavy atom. The molecule has 1 fully saturated rings. The molecule has 1 aromatic heterocycles. The van der Waals surface area contributed by atoms with E-state index in [2.05, 4.69) is 10.3 Å². The second-order valence-corrected chi connectivity index (χ2v) is 6.80. The van der Waals surface area contributed by atoms with Crippen LogP contribution in [0.1, 0.15) is 37.7 Å². The zero-order valence-electron chi connectivity index (χ0n) is 14.1. The number of para-hydroxylation sites is 1. The SMILES string of the molecule is CCOC1CC(NC(=O)c2cc3ccccc3[nH]2)(C(=O)O)C1(C)C. The number of amides is 1. The number of aromatic nitrogens is 1. The minimum atomic E-state index is -1.33. The van der Waals surface area contributed by atoms with Gasteiger partial charge >= 0.3 is 5.97 Å². The summed E-state index contributed by atoms with van der Waals surface area (Å²) in [5.41, 5.74) is -0.836. The average molecular weight is 330 g/mol. The van der Waals surface area contributed by atoms with Crippen LogP contribution in [0.15, 0.2) is 30.3 Å². The third-order valence-electron chi connectivity index (χ3n) is 5.23. The van der Waals surface area contributed by atoms with Gasteiger partial charge in [0.25, 0.3) is 5.91 Å². The summed E-state index contributed by atoms with van der Waals surface area (Å²) in [5.74, 6) is -1.45. The molecule has 2 atom stereocenters. The van der Waals surface area contributed by atoms with Crippen LogP contribution in [-0.4, -0.2) is 40.2 Å². The predicted molar refractivity (Wildman–Crippen MR) is 89.9 cm³/mol. The summed E-state index contributed by atoms with van der Waals surface area (Å²) in [5, 5.41) is 13.4. The lowest BCUT2D eigenvalue weighted by Gasteiger charge is -2.58. The molecule has 24 heavy (non-hydrogen) atoms. The number of benzene rings is 1. The maximum absolute atomic E-state index is 12.6. The number of carbonyl (C=O) groups excluding carboxylic acids is 1. The fourth-order valence-corrected chi connectivity index (χ4v) is 3.49. The molecular formula is C18H22N2O4. The van der Waals surface area contributed by atoms with Crippen LogP contribution in [-0.2, 0) is 9.53 Å². The monoisotopic (exact) mass is 330 g/mol. The van der Waals surface area contributed by atoms with Crippen LogP contribution < -0.4 is 5.32 Å². The summed E-state index contributed by atoms with van der Waals surface area (Å²) in [7, 11) is 0. The predicted octanol–water partition coefficient (Wildman–Crippen LogP) is 2.56. The molecule has 0 bridgehead atoms. The lowest BCUT2D eigenvalue weighted by atomic mass is 9.54. The van der Waals surface area contributed by atoms with E-state index >= 15 is 0 Å². The normalized spacial score (nSPS) is 25.2. The summed E-state index contributed by atoms with van der Waals surface area (Å²) in [6, 6.07) is 9.26. The van der Waals surface area contributed by atoms with Gasteiger partial charge in [-0.05, 0) is 19.1 Å². The molecule has 2 aromatic rings. The van der Waals surface area contributed by atoms with E-state index in [0.29, 0.717) is 12.3 Å². The van der Waals surface area contributed by atoms with Crippen molar-refractivity contribution in [3.63, 3.8) is 0 Å². The standard InChI is InChI=1S/C18H22N2O4/c1-4-24-14-10-18(16(22)23,17(14,2)3)20-15(21)13-9-11-7-5-6-8-12(11)19-13/h5-9,14,19H,4,10H2,1-3H3,(H,20,21)(H,22,23). The van der Waals surface area contributed by atoms with E-state index in [4.69, 9.17) is 4.74 Å². The van der Waals surface area contributed by atoms with Crippen LogP contribution >= 0.6 is 0 Å². The molecule has 2 unspecified atom stereocenters. The molecule has 1 aliphatic rings. The fraction of sp³-hybridized carbons (Fsp3) is 0.444. The maximum atomic E-state index is 12.6. The van der Waals surface area contributed by atoms with Gasteiger partial charge in [-0.2, -0.15) is 0 Å². The third-order valence-corrected chi connectivity index (χ3v) is 5.23. The molecular weight excluding hydrogens is 308 g/mol. The van der Waals surface area contributed by atoms with E-state index in [1.807, 2.05) is 45.0 Å². The van der Waals surface area contributed by atoms with E-state index in [9.17, 15) is 14.7 Å². The fourth-order valence-electron chi connectivity index (χ4n) is 3.49. The molecule has 3 rings (SSSR count). The van der Waals surface area contributed by atoms with E-state index in [1.165, 1.54) is 0 Å². The molecule has 0 spiro atoms. The minimum absolute atomic E-state index is 0.193. The van der Waals surface area contributed by atoms with Crippen LogP contribution in [0.25, 0.3) is 10.9 Å². The first-order valence-corrected chi connectivity index (χ1v) is 8.07. The molecule has 0 saturated heterocycles. The number of fused-ring (bicyclic) bond motifs is 1. The topological polar surface area (TPSA) is 91.4 Å². The Morgan fingerprint density at radius 1 is 1.38 bits per heavy atom. The smallest absolute Gasteiger partial charge is 0.330 e. The van der Waals surface area contributed by atoms with E-state index < -0.39 is 22.8 Å². The number of carbonyl (C=O) groups is 2. The summed E-state index contributed by atoms with van der Waals surface area (Å²) in [6.45, 7) is 6.02. The van der Waals surface area contributed by atoms with Crippen molar-refractivity contribution in [2.24, 2.45) is 5.41 Å². The largest absolute Gasteiger partial charge is 0.479 e. The number of aliphatic carboxylic acids is 1. The van der Waals surface area contributed by atoms with Crippen LogP contribution in [0.5, 0.6) is 0 Å². The van der Waals surface area contributed by atoms with E-state index in [0.717, 1.165) is 10.9 Å². The van der Waals surface area contributed by atoms with Gasteiger partial charge in [0.1, 0.15) is 11.2 Å². The molecule has 1 saturated carbocycles. The molecule has 1 amide bonds. The van der Waals surface area contributed by atoms with Gasteiger partial charge in [-0.3, -0.25) is 4.79 Å². The zero-order valence-corrected chi connectivity index (χ0v) is 14.1. The first kappa shape index (κ1) is 16.5. The summed E-state index contributed by atoms with van der Waals surface area (Å²) in [4.78, 5) is 27.6. The Hall–Kier alpha value is -2.34. The Balaban J connectivity index is 1.87. The number of aromatic amines is 1. The van der Waals surface area contributed by atoms with Gasteiger partial charge < -0.3 is 20.1 Å². The van der Waals surface area contributed by atoms with Crippen molar-refractivity contribution in [2.45, 2.75) is 38.8 Å². The molecule has 6 nitrogen and oxygen atoms in total. The van der Waals surface area contributed by atoms with Crippen molar-refractivity contribution < 1.29 is 19.4 Å². The van der Waals surface area contributed by atoms with Gasteiger partial charge in [-0.1, -0.05) is 32.0 Å². The van der Waals surface area contributed by atoms with Gasteiger partial charge in [0, 0.05) is 29.3 Å². The van der Waals surface area contributed by atoms with Gasteiger partial charge in [-0.15, -0.1) is 0 Å². The highest BCUT2D eigenvalue weighted by Crippen LogP contribution is 2.51. The Kier molecular flexibility index (Phi) is 3.87. The maximum Gasteiger partial charge on any atom is 0.330 e. The number of H-pyrrole nitrogens is 1. The van der Waals surface area contributed by atoms with Crippen molar-refractivity contribution >= 4 is 22.8 Å². The Labute approximate surface area is 140 Å². The molecule has 3 N–H and O–H groups in total. The van der Waals surface area contributed by atoms with Gasteiger partial charge in [0.15, 0.2) is 0 Å². The van der Waals surface area contributed by atoms with Crippen molar-refractivity contribution in [1.29, 1.82) is 0 Å². The Bertz CT molecular complexity index is 762. The minimum Gasteiger partial charge on any atom is -0.479 e. The number of rotatable bonds is 5. The lowest BCUT2D eigenvalue weighted by Crippen LogP contribution is -2.76. The van der Waals surface area contributed by atoms with Crippen molar-refractivity contribution in [1.82, 2.24) is 10.3 Å². The second kappa shape index (κ2) is 5.63. The summed E-state index contributed by atoms with van der Waals surface area (Å²) in [6.07, 6.45) is 0.0661. The summed E-state index contributed by atoms with van der Waals surface area (Å²) >= 11 is 0. The molecule has 128 valence electrons. The highest BCUT2D eigenvalue weighted by Gasteiger charge is 2.66. The molecule has 1 aromatic carbocycles. The number of hydrogen-bond donors (Lipinski definition) is 3. The van der Waals surface area contributed by atoms with Gasteiger partial charge in [0.2, 0.25) is 0 Å². The molecule has 6 heteroatoms. The molecule has 1 heterocycles. The lowest BCUT2D eigenvalue weighted by molar-refractivity contribution is -0.190. The van der Waals surface area contributed by atoms with Crippen LogP contribution in [0.4, 0.5) is 0 Å². The van der Waals surface area contributed by atoms with Crippen LogP contribution in [0.3, 0.4) is 0 Å². The number of nitrogens with one attached hydrogen (secondary N) is 2. The van der Waals surface area contributed by atoms with Crippen molar-refractivity contribution in [3.05, 3.63) is 36.0 Å². The van der Waals surface area contributed by atoms with E-state index in [1.54, 1.807) is 6.07 Å². The summed E-state index contributed by atoms with van der Waals surface area (Å²) < 4.78 is 5.61. The van der Waals surface area contributed by atoms with Crippen molar-refractivity contribution in [2.75, 3.05) is 6.61 Å². The first-order valence-electron chi connectivity index (χ1n) is 8.07. The average Bonchev–Trinajstić information content (AvgIpc) is 2.97. The molecule has 0 radical (unpaired) electrons. The molecule has 0 aliphatic heterocycles. The van der Waals surface area contributed by atoms with Crippen molar-refractivity contribution in [3.8, 4) is 0 Å². The molecule has 1 aliphatic carbocycles. The van der Waals surface area contributed by atoms with Gasteiger partial charge in [-0.25, -0.2) is 4.79 Å².